The molecule has 3 N–H and O–H groups in total. The lowest BCUT2D eigenvalue weighted by Crippen LogP contribution is -2.41. The smallest absolute Gasteiger partial charge is 0.166 e. The molecule has 2 aromatic carbocycles. The minimum Gasteiger partial charge on any atom is -0.376 e. The second kappa shape index (κ2) is 8.55. The van der Waals surface area contributed by atoms with Gasteiger partial charge >= 0.3 is 0 Å². The van der Waals surface area contributed by atoms with Crippen molar-refractivity contribution in [1.29, 1.82) is 0 Å². The third-order valence-electron chi connectivity index (χ3n) is 5.18. The van der Waals surface area contributed by atoms with Gasteiger partial charge in [-0.2, -0.15) is 0 Å². The number of aromatic nitrogens is 1. The number of para-hydroxylation sites is 1. The Bertz CT molecular complexity index is 887. The fourth-order valence-corrected chi connectivity index (χ4v) is 3.91. The maximum atomic E-state index is 5.65. The summed E-state index contributed by atoms with van der Waals surface area (Å²) in [4.78, 5) is 3.40. The number of fused-ring (bicyclic) bond motifs is 1. The van der Waals surface area contributed by atoms with Crippen LogP contribution >= 0.6 is 12.2 Å². The fourth-order valence-electron chi connectivity index (χ4n) is 3.74. The van der Waals surface area contributed by atoms with Crippen molar-refractivity contribution in [2.45, 2.75) is 24.9 Å². The van der Waals surface area contributed by atoms with E-state index in [4.69, 9.17) is 17.0 Å². The maximum absolute atomic E-state index is 5.65. The van der Waals surface area contributed by atoms with Gasteiger partial charge in [0.15, 0.2) is 5.11 Å². The molecule has 0 aliphatic carbocycles. The number of thiocarbonyl (C=S) groups is 1. The van der Waals surface area contributed by atoms with Crippen molar-refractivity contribution in [3.05, 3.63) is 71.9 Å². The van der Waals surface area contributed by atoms with E-state index in [-0.39, 0.29) is 12.0 Å². The first-order valence-electron chi connectivity index (χ1n) is 9.55. The van der Waals surface area contributed by atoms with Gasteiger partial charge in [0.05, 0.1) is 6.10 Å². The zero-order valence-corrected chi connectivity index (χ0v) is 16.1. The van der Waals surface area contributed by atoms with E-state index in [1.807, 2.05) is 0 Å². The van der Waals surface area contributed by atoms with Crippen LogP contribution in [0.3, 0.4) is 0 Å². The standard InChI is InChI=1S/C22H25N3OS/c27-22(24-13-17-9-6-12-26-17)25-14-19(16-7-2-1-3-8-16)20-15-23-21-11-5-4-10-18(20)21/h1-5,7-8,10-11,15,17,19,23H,6,9,12-14H2,(H2,24,25,27)/t17-,19+/m1/s1. The number of aromatic amines is 1. The Labute approximate surface area is 165 Å². The van der Waals surface area contributed by atoms with Crippen LogP contribution in [0, 0.1) is 0 Å². The van der Waals surface area contributed by atoms with Crippen molar-refractivity contribution in [2.75, 3.05) is 19.7 Å². The molecule has 1 aromatic heterocycles. The largest absolute Gasteiger partial charge is 0.376 e. The highest BCUT2D eigenvalue weighted by atomic mass is 32.1. The van der Waals surface area contributed by atoms with Crippen molar-refractivity contribution < 1.29 is 4.74 Å². The summed E-state index contributed by atoms with van der Waals surface area (Å²) in [5, 5.41) is 8.65. The van der Waals surface area contributed by atoms with Crippen molar-refractivity contribution in [1.82, 2.24) is 15.6 Å². The Kier molecular flexibility index (Phi) is 5.70. The number of ether oxygens (including phenoxy) is 1. The summed E-state index contributed by atoms with van der Waals surface area (Å²) in [6.07, 6.45) is 4.65. The van der Waals surface area contributed by atoms with Gasteiger partial charge in [0.25, 0.3) is 0 Å². The molecule has 1 fully saturated rings. The number of benzene rings is 2. The zero-order valence-electron chi connectivity index (χ0n) is 15.3. The number of hydrogen-bond donors (Lipinski definition) is 3. The van der Waals surface area contributed by atoms with Gasteiger partial charge in [-0.15, -0.1) is 0 Å². The van der Waals surface area contributed by atoms with E-state index in [2.05, 4.69) is 76.4 Å². The molecule has 0 spiro atoms. The number of rotatable bonds is 6. The molecule has 0 bridgehead atoms. The first kappa shape index (κ1) is 18.0. The molecular weight excluding hydrogens is 354 g/mol. The Morgan fingerprint density at radius 2 is 1.93 bits per heavy atom. The highest BCUT2D eigenvalue weighted by molar-refractivity contribution is 7.80. The van der Waals surface area contributed by atoms with Crippen LogP contribution in [-0.2, 0) is 4.74 Å². The lowest BCUT2D eigenvalue weighted by atomic mass is 9.91. The van der Waals surface area contributed by atoms with Crippen molar-refractivity contribution in [2.24, 2.45) is 0 Å². The average molecular weight is 380 g/mol. The predicted molar refractivity (Wildman–Crippen MR) is 114 cm³/mol. The Hall–Kier alpha value is -2.37. The van der Waals surface area contributed by atoms with Crippen molar-refractivity contribution in [3.63, 3.8) is 0 Å². The topological polar surface area (TPSA) is 49.1 Å². The number of H-pyrrole nitrogens is 1. The molecule has 2 heterocycles. The molecule has 0 unspecified atom stereocenters. The number of hydrogen-bond acceptors (Lipinski definition) is 2. The van der Waals surface area contributed by atoms with Gasteiger partial charge in [-0.1, -0.05) is 48.5 Å². The van der Waals surface area contributed by atoms with Crippen molar-refractivity contribution >= 4 is 28.2 Å². The molecule has 140 valence electrons. The molecule has 1 aliphatic heterocycles. The molecule has 27 heavy (non-hydrogen) atoms. The Morgan fingerprint density at radius 3 is 2.74 bits per heavy atom. The third-order valence-corrected chi connectivity index (χ3v) is 5.47. The molecule has 0 radical (unpaired) electrons. The van der Waals surface area contributed by atoms with Crippen LogP contribution in [0.25, 0.3) is 10.9 Å². The van der Waals surface area contributed by atoms with E-state index in [0.29, 0.717) is 5.11 Å². The summed E-state index contributed by atoms with van der Waals surface area (Å²) in [6.45, 7) is 2.38. The summed E-state index contributed by atoms with van der Waals surface area (Å²) in [5.74, 6) is 0.213. The molecule has 1 saturated heterocycles. The Morgan fingerprint density at radius 1 is 1.11 bits per heavy atom. The molecular formula is C22H25N3OS. The van der Waals surface area contributed by atoms with Gasteiger partial charge < -0.3 is 20.4 Å². The lowest BCUT2D eigenvalue weighted by molar-refractivity contribution is 0.114. The highest BCUT2D eigenvalue weighted by Gasteiger charge is 2.19. The van der Waals surface area contributed by atoms with Gasteiger partial charge in [0, 0.05) is 42.7 Å². The van der Waals surface area contributed by atoms with E-state index in [1.165, 1.54) is 16.5 Å². The first-order valence-corrected chi connectivity index (χ1v) is 9.96. The molecule has 4 nitrogen and oxygen atoms in total. The molecule has 2 atom stereocenters. The van der Waals surface area contributed by atoms with Crippen molar-refractivity contribution in [3.8, 4) is 0 Å². The first-order chi connectivity index (χ1) is 13.3. The molecule has 1 aliphatic rings. The van der Waals surface area contributed by atoms with Crippen LogP contribution in [-0.4, -0.2) is 35.9 Å². The minimum absolute atomic E-state index is 0.213. The molecule has 0 saturated carbocycles. The van der Waals surface area contributed by atoms with E-state index in [9.17, 15) is 0 Å². The van der Waals surface area contributed by atoms with Gasteiger partial charge in [-0.3, -0.25) is 0 Å². The quantitative estimate of drug-likeness (QED) is 0.568. The van der Waals surface area contributed by atoms with Crippen LogP contribution < -0.4 is 10.6 Å². The monoisotopic (exact) mass is 379 g/mol. The molecule has 5 heteroatoms. The summed E-state index contributed by atoms with van der Waals surface area (Å²) in [5.41, 5.74) is 3.72. The van der Waals surface area contributed by atoms with Gasteiger partial charge in [-0.25, -0.2) is 0 Å². The van der Waals surface area contributed by atoms with Gasteiger partial charge in [0.1, 0.15) is 0 Å². The van der Waals surface area contributed by atoms with E-state index < -0.39 is 0 Å². The maximum Gasteiger partial charge on any atom is 0.166 e. The summed E-state index contributed by atoms with van der Waals surface area (Å²) >= 11 is 5.50. The second-order valence-electron chi connectivity index (χ2n) is 6.98. The van der Waals surface area contributed by atoms with Gasteiger partial charge in [0.2, 0.25) is 0 Å². The fraction of sp³-hybridized carbons (Fsp3) is 0.318. The van der Waals surface area contributed by atoms with Crippen LogP contribution in [0.15, 0.2) is 60.8 Å². The van der Waals surface area contributed by atoms with Crippen LogP contribution in [0.5, 0.6) is 0 Å². The molecule has 0 amide bonds. The van der Waals surface area contributed by atoms with E-state index in [0.717, 1.165) is 38.1 Å². The summed E-state index contributed by atoms with van der Waals surface area (Å²) in [7, 11) is 0. The third kappa shape index (κ3) is 4.31. The summed E-state index contributed by atoms with van der Waals surface area (Å²) < 4.78 is 5.65. The van der Waals surface area contributed by atoms with E-state index in [1.54, 1.807) is 0 Å². The van der Waals surface area contributed by atoms with Crippen LogP contribution in [0.4, 0.5) is 0 Å². The lowest BCUT2D eigenvalue weighted by Gasteiger charge is -2.20. The van der Waals surface area contributed by atoms with Crippen LogP contribution in [0.1, 0.15) is 29.9 Å². The van der Waals surface area contributed by atoms with Crippen LogP contribution in [0.2, 0.25) is 0 Å². The molecule has 4 rings (SSSR count). The minimum atomic E-state index is 0.213. The normalized spacial score (nSPS) is 17.7. The predicted octanol–water partition coefficient (Wildman–Crippen LogP) is 3.94. The summed E-state index contributed by atoms with van der Waals surface area (Å²) in [6, 6.07) is 19.0. The van der Waals surface area contributed by atoms with E-state index >= 15 is 0 Å². The number of nitrogens with one attached hydrogen (secondary N) is 3. The van der Waals surface area contributed by atoms with Gasteiger partial charge in [-0.05, 0) is 42.3 Å². The molecule has 3 aromatic rings. The second-order valence-corrected chi connectivity index (χ2v) is 7.39. The Balaban J connectivity index is 1.48. The highest BCUT2D eigenvalue weighted by Crippen LogP contribution is 2.30. The zero-order chi connectivity index (χ0) is 18.5. The SMILES string of the molecule is S=C(NC[C@H]1CCCO1)NC[C@@H](c1ccccc1)c1c[nH]c2ccccc12. The average Bonchev–Trinajstić information content (AvgIpc) is 3.38.